The fraction of sp³-hybridized carbons (Fsp3) is 1.00. The molecule has 164 valence electrons. The molecule has 0 spiro atoms. The summed E-state index contributed by atoms with van der Waals surface area (Å²) in [6, 6.07) is -2.57. The van der Waals surface area contributed by atoms with Crippen LogP contribution in [-0.4, -0.2) is 102 Å². The van der Waals surface area contributed by atoms with Crippen LogP contribution in [0.5, 0.6) is 0 Å². The number of rotatable bonds is 10. The van der Waals surface area contributed by atoms with Crippen LogP contribution < -0.4 is 9.79 Å². The molecule has 2 heterocycles. The number of methoxy groups -OCH3 is 1. The molecule has 0 aliphatic carbocycles. The Hall–Kier alpha value is 0.150. The number of hydrogen-bond donors (Lipinski definition) is 2. The van der Waals surface area contributed by atoms with E-state index in [1.807, 2.05) is 0 Å². The molecule has 29 heavy (non-hydrogen) atoms. The van der Waals surface area contributed by atoms with Crippen molar-refractivity contribution in [1.29, 1.82) is 0 Å². The van der Waals surface area contributed by atoms with Gasteiger partial charge in [0.1, 0.15) is 52.3 Å². The first kappa shape index (κ1) is 25.4. The highest BCUT2D eigenvalue weighted by Gasteiger charge is 2.46. The normalized spacial score (nSPS) is 41.9. The summed E-state index contributed by atoms with van der Waals surface area (Å²) >= 11 is 0. The predicted octanol–water partition coefficient (Wildman–Crippen LogP) is -3.49. The molecular formula is C12H20B2O13P2-2. The average molecular weight is 456 g/mol. The molecule has 17 heteroatoms. The van der Waals surface area contributed by atoms with Crippen molar-refractivity contribution in [2.75, 3.05) is 27.4 Å². The minimum Gasteiger partial charge on any atom is -0.756 e. The molecule has 2 saturated heterocycles. The molecule has 0 aromatic heterocycles. The first-order valence-corrected chi connectivity index (χ1v) is 11.2. The number of hydrogen-bond acceptors (Lipinski definition) is 13. The fourth-order valence-electron chi connectivity index (χ4n) is 2.76. The van der Waals surface area contributed by atoms with Gasteiger partial charge in [-0.3, -0.25) is 9.13 Å². The van der Waals surface area contributed by atoms with E-state index in [9.17, 15) is 29.1 Å². The number of aliphatic hydroxyl groups excluding tert-OH is 2. The quantitative estimate of drug-likeness (QED) is 0.244. The van der Waals surface area contributed by atoms with Crippen molar-refractivity contribution in [2.45, 2.75) is 48.6 Å². The predicted molar refractivity (Wildman–Crippen MR) is 90.6 cm³/mol. The van der Waals surface area contributed by atoms with Crippen LogP contribution in [0.4, 0.5) is 0 Å². The van der Waals surface area contributed by atoms with E-state index in [1.165, 1.54) is 7.11 Å². The number of phosphoric acid groups is 2. The summed E-state index contributed by atoms with van der Waals surface area (Å²) in [5.74, 6) is 0. The van der Waals surface area contributed by atoms with Gasteiger partial charge in [-0.1, -0.05) is 0 Å². The third kappa shape index (κ3) is 6.56. The van der Waals surface area contributed by atoms with Gasteiger partial charge in [0.05, 0.1) is 13.2 Å². The highest BCUT2D eigenvalue weighted by molar-refractivity contribution is 7.46. The standard InChI is InChI=1S/C12H22B2O13P2/c1-21-3-5-9(7(15)11(13)24-5)27-29(19,20)23-4-6-10(8(16)12(14)25-6)26-28(17,18)22-2/h5-12,15-16H,3-4H2,1-2H3,(H,17,18)(H,19,20)/p-2/t5-,6-,7?,8?,9+,10+,11-,12-/m1/s1. The number of ether oxygens (including phenoxy) is 3. The highest BCUT2D eigenvalue weighted by Crippen LogP contribution is 2.46. The molecule has 2 aliphatic heterocycles. The van der Waals surface area contributed by atoms with E-state index in [1.54, 1.807) is 0 Å². The van der Waals surface area contributed by atoms with Crippen LogP contribution in [0.2, 0.25) is 0 Å². The van der Waals surface area contributed by atoms with Crippen molar-refractivity contribution < 1.29 is 61.4 Å². The van der Waals surface area contributed by atoms with Crippen LogP contribution in [-0.2, 0) is 41.4 Å². The molecule has 13 nitrogen and oxygen atoms in total. The smallest absolute Gasteiger partial charge is 0.268 e. The minimum absolute atomic E-state index is 0.117. The van der Waals surface area contributed by atoms with Crippen LogP contribution in [0.15, 0.2) is 0 Å². The van der Waals surface area contributed by atoms with Crippen LogP contribution in [0.25, 0.3) is 0 Å². The summed E-state index contributed by atoms with van der Waals surface area (Å²) in [6.07, 6.45) is -8.48. The Morgan fingerprint density at radius 1 is 0.897 bits per heavy atom. The van der Waals surface area contributed by atoms with Gasteiger partial charge in [0, 0.05) is 26.2 Å². The van der Waals surface area contributed by atoms with Gasteiger partial charge in [-0.2, -0.15) is 0 Å². The molecule has 4 unspecified atom stereocenters. The van der Waals surface area contributed by atoms with E-state index in [-0.39, 0.29) is 6.61 Å². The molecule has 4 radical (unpaired) electrons. The number of aliphatic hydroxyl groups is 2. The summed E-state index contributed by atoms with van der Waals surface area (Å²) < 4.78 is 57.0. The maximum atomic E-state index is 12.2. The molecule has 0 saturated carbocycles. The van der Waals surface area contributed by atoms with Gasteiger partial charge in [-0.15, -0.1) is 0 Å². The third-order valence-electron chi connectivity index (χ3n) is 4.20. The molecule has 0 aromatic rings. The van der Waals surface area contributed by atoms with Crippen LogP contribution in [0, 0.1) is 0 Å². The van der Waals surface area contributed by atoms with Crippen molar-refractivity contribution in [2.24, 2.45) is 0 Å². The van der Waals surface area contributed by atoms with Crippen molar-refractivity contribution in [1.82, 2.24) is 0 Å². The molecule has 2 fully saturated rings. The molecule has 2 N–H and O–H groups in total. The van der Waals surface area contributed by atoms with Gasteiger partial charge >= 0.3 is 0 Å². The molecule has 0 aromatic carbocycles. The Balaban J connectivity index is 2.00. The molecule has 2 rings (SSSR count). The van der Waals surface area contributed by atoms with E-state index < -0.39 is 70.9 Å². The topological polar surface area (TPSA) is 185 Å². The Morgan fingerprint density at radius 3 is 1.79 bits per heavy atom. The Morgan fingerprint density at radius 2 is 1.34 bits per heavy atom. The maximum Gasteiger partial charge on any atom is 0.268 e. The zero-order chi connectivity index (χ0) is 22.0. The van der Waals surface area contributed by atoms with Crippen molar-refractivity contribution >= 4 is 31.3 Å². The number of phosphoric ester groups is 2. The lowest BCUT2D eigenvalue weighted by Crippen LogP contribution is -2.39. The van der Waals surface area contributed by atoms with Crippen molar-refractivity contribution in [3.63, 3.8) is 0 Å². The lowest BCUT2D eigenvalue weighted by atomic mass is 9.93. The van der Waals surface area contributed by atoms with Crippen molar-refractivity contribution in [3.8, 4) is 0 Å². The van der Waals surface area contributed by atoms with Crippen LogP contribution in [0.3, 0.4) is 0 Å². The van der Waals surface area contributed by atoms with Gasteiger partial charge in [-0.05, 0) is 0 Å². The molecule has 0 amide bonds. The van der Waals surface area contributed by atoms with Gasteiger partial charge in [0.15, 0.2) is 0 Å². The average Bonchev–Trinajstić information content (AvgIpc) is 3.05. The lowest BCUT2D eigenvalue weighted by Gasteiger charge is -2.32. The first-order valence-electron chi connectivity index (χ1n) is 8.27. The van der Waals surface area contributed by atoms with E-state index in [2.05, 4.69) is 13.6 Å². The zero-order valence-electron chi connectivity index (χ0n) is 15.5. The van der Waals surface area contributed by atoms with E-state index in [4.69, 9.17) is 34.4 Å². The van der Waals surface area contributed by atoms with Gasteiger partial charge in [-0.25, -0.2) is 0 Å². The maximum absolute atomic E-state index is 12.2. The Kier molecular flexibility index (Phi) is 8.92. The van der Waals surface area contributed by atoms with Crippen LogP contribution in [0.1, 0.15) is 0 Å². The Labute approximate surface area is 169 Å². The van der Waals surface area contributed by atoms with Gasteiger partial charge in [0.2, 0.25) is 0 Å². The summed E-state index contributed by atoms with van der Waals surface area (Å²) in [4.78, 5) is 23.6. The molecule has 10 atom stereocenters. The van der Waals surface area contributed by atoms with Gasteiger partial charge in [0.25, 0.3) is 15.6 Å². The summed E-state index contributed by atoms with van der Waals surface area (Å²) in [5.41, 5.74) is 0. The SMILES string of the molecule is [B][C@@H]1O[C@H](COP(=O)([O-])O[C@@H]2C(O)[C@H]([B])O[C@@H]2COC)[C@H](OP(=O)([O-])OC)C1O. The molecule has 2 aliphatic rings. The second-order valence-electron chi connectivity index (χ2n) is 6.23. The highest BCUT2D eigenvalue weighted by atomic mass is 31.2. The summed E-state index contributed by atoms with van der Waals surface area (Å²) in [6.45, 7) is -0.932. The largest absolute Gasteiger partial charge is 0.756 e. The Bertz CT molecular complexity index is 641. The first-order chi connectivity index (χ1) is 13.4. The minimum atomic E-state index is -5.08. The summed E-state index contributed by atoms with van der Waals surface area (Å²) in [7, 11) is 3.27. The van der Waals surface area contributed by atoms with E-state index in [0.29, 0.717) is 0 Å². The second-order valence-corrected chi connectivity index (χ2v) is 9.06. The molecule has 0 bridgehead atoms. The monoisotopic (exact) mass is 456 g/mol. The second kappa shape index (κ2) is 10.2. The van der Waals surface area contributed by atoms with Crippen LogP contribution >= 0.6 is 15.6 Å². The van der Waals surface area contributed by atoms with E-state index >= 15 is 0 Å². The van der Waals surface area contributed by atoms with E-state index in [0.717, 1.165) is 7.11 Å². The van der Waals surface area contributed by atoms with Crippen molar-refractivity contribution in [3.05, 3.63) is 0 Å². The molecular weight excluding hydrogens is 436 g/mol. The lowest BCUT2D eigenvalue weighted by molar-refractivity contribution is -0.238. The zero-order valence-corrected chi connectivity index (χ0v) is 17.3. The van der Waals surface area contributed by atoms with Gasteiger partial charge < -0.3 is 52.3 Å². The fourth-order valence-corrected chi connectivity index (χ4v) is 4.36. The third-order valence-corrected chi connectivity index (χ3v) is 6.11. The summed E-state index contributed by atoms with van der Waals surface area (Å²) in [5, 5.41) is 19.8.